The van der Waals surface area contributed by atoms with E-state index in [0.29, 0.717) is 6.04 Å². The minimum Gasteiger partial charge on any atom is -0.353 e. The number of aromatic nitrogens is 1. The zero-order valence-electron chi connectivity index (χ0n) is 10.9. The molecule has 2 aliphatic rings. The minimum atomic E-state index is 0.123. The van der Waals surface area contributed by atoms with Gasteiger partial charge in [-0.05, 0) is 44.2 Å². The largest absolute Gasteiger partial charge is 0.353 e. The van der Waals surface area contributed by atoms with E-state index in [4.69, 9.17) is 0 Å². The Morgan fingerprint density at radius 2 is 2.17 bits per heavy atom. The van der Waals surface area contributed by atoms with E-state index in [1.165, 1.54) is 32.1 Å². The number of anilines is 1. The lowest BCUT2D eigenvalue weighted by Crippen LogP contribution is -2.35. The van der Waals surface area contributed by atoms with Crippen molar-refractivity contribution in [1.29, 1.82) is 0 Å². The molecule has 0 spiro atoms. The number of hydrogen-bond donors (Lipinski definition) is 0. The molecule has 0 aromatic carbocycles. The molecule has 0 radical (unpaired) electrons. The Morgan fingerprint density at radius 3 is 3.00 bits per heavy atom. The van der Waals surface area contributed by atoms with Gasteiger partial charge in [-0.25, -0.2) is 4.98 Å². The molecule has 3 rings (SSSR count). The Morgan fingerprint density at radius 1 is 1.33 bits per heavy atom. The molecular formula is C15H20N2O. The molecule has 18 heavy (non-hydrogen) atoms. The molecule has 96 valence electrons. The molecular weight excluding hydrogens is 224 g/mol. The number of pyridine rings is 1. The maximum absolute atomic E-state index is 11.4. The van der Waals surface area contributed by atoms with Gasteiger partial charge >= 0.3 is 0 Å². The SMILES string of the molecule is CC(=O)c1ccnc(N2CCC3CCCCC32)c1. The van der Waals surface area contributed by atoms with E-state index in [1.807, 2.05) is 6.07 Å². The lowest BCUT2D eigenvalue weighted by Gasteiger charge is -2.32. The van der Waals surface area contributed by atoms with Crippen LogP contribution in [0, 0.1) is 5.92 Å². The second-order valence-electron chi connectivity index (χ2n) is 5.55. The Labute approximate surface area is 108 Å². The van der Waals surface area contributed by atoms with Gasteiger partial charge in [0, 0.05) is 24.3 Å². The number of rotatable bonds is 2. The van der Waals surface area contributed by atoms with Gasteiger partial charge in [0.15, 0.2) is 5.78 Å². The van der Waals surface area contributed by atoms with Crippen molar-refractivity contribution in [3.05, 3.63) is 23.9 Å². The van der Waals surface area contributed by atoms with Crippen molar-refractivity contribution in [3.63, 3.8) is 0 Å². The second kappa shape index (κ2) is 4.71. The third-order valence-electron chi connectivity index (χ3n) is 4.46. The highest BCUT2D eigenvalue weighted by molar-refractivity contribution is 5.94. The van der Waals surface area contributed by atoms with Gasteiger partial charge in [-0.3, -0.25) is 4.79 Å². The molecule has 1 saturated carbocycles. The molecule has 1 saturated heterocycles. The maximum Gasteiger partial charge on any atom is 0.159 e. The molecule has 3 nitrogen and oxygen atoms in total. The van der Waals surface area contributed by atoms with Gasteiger partial charge in [-0.1, -0.05) is 12.8 Å². The fraction of sp³-hybridized carbons (Fsp3) is 0.600. The van der Waals surface area contributed by atoms with Crippen molar-refractivity contribution in [1.82, 2.24) is 4.98 Å². The minimum absolute atomic E-state index is 0.123. The highest BCUT2D eigenvalue weighted by atomic mass is 16.1. The molecule has 3 heteroatoms. The smallest absolute Gasteiger partial charge is 0.159 e. The summed E-state index contributed by atoms with van der Waals surface area (Å²) < 4.78 is 0. The van der Waals surface area contributed by atoms with Crippen LogP contribution in [0.25, 0.3) is 0 Å². The van der Waals surface area contributed by atoms with Gasteiger partial charge in [-0.15, -0.1) is 0 Å². The summed E-state index contributed by atoms with van der Waals surface area (Å²) >= 11 is 0. The van der Waals surface area contributed by atoms with E-state index >= 15 is 0 Å². The number of carbonyl (C=O) groups is 1. The lowest BCUT2D eigenvalue weighted by atomic mass is 9.85. The van der Waals surface area contributed by atoms with Crippen molar-refractivity contribution in [2.75, 3.05) is 11.4 Å². The summed E-state index contributed by atoms with van der Waals surface area (Å²) in [5, 5.41) is 0. The summed E-state index contributed by atoms with van der Waals surface area (Å²) in [6.45, 7) is 2.72. The molecule has 0 bridgehead atoms. The number of ketones is 1. The topological polar surface area (TPSA) is 33.2 Å². The molecule has 2 atom stereocenters. The van der Waals surface area contributed by atoms with Gasteiger partial charge in [0.1, 0.15) is 5.82 Å². The average molecular weight is 244 g/mol. The van der Waals surface area contributed by atoms with Crippen LogP contribution in [0.2, 0.25) is 0 Å². The molecule has 1 aliphatic heterocycles. The molecule has 2 unspecified atom stereocenters. The van der Waals surface area contributed by atoms with Crippen LogP contribution >= 0.6 is 0 Å². The maximum atomic E-state index is 11.4. The molecule has 0 amide bonds. The lowest BCUT2D eigenvalue weighted by molar-refractivity contribution is 0.101. The molecule has 2 heterocycles. The Hall–Kier alpha value is -1.38. The van der Waals surface area contributed by atoms with Gasteiger partial charge in [0.2, 0.25) is 0 Å². The normalized spacial score (nSPS) is 27.1. The number of carbonyl (C=O) groups excluding carboxylic acids is 1. The number of hydrogen-bond acceptors (Lipinski definition) is 3. The van der Waals surface area contributed by atoms with Crippen LogP contribution in [0.5, 0.6) is 0 Å². The van der Waals surface area contributed by atoms with E-state index in [0.717, 1.165) is 23.8 Å². The fourth-order valence-electron chi connectivity index (χ4n) is 3.48. The average Bonchev–Trinajstić information content (AvgIpc) is 2.82. The quantitative estimate of drug-likeness (QED) is 0.750. The second-order valence-corrected chi connectivity index (χ2v) is 5.55. The molecule has 1 aromatic rings. The Kier molecular flexibility index (Phi) is 3.06. The summed E-state index contributed by atoms with van der Waals surface area (Å²) in [6.07, 6.45) is 8.43. The molecule has 2 fully saturated rings. The molecule has 1 aromatic heterocycles. The first-order chi connectivity index (χ1) is 8.75. The van der Waals surface area contributed by atoms with Gasteiger partial charge in [0.25, 0.3) is 0 Å². The van der Waals surface area contributed by atoms with E-state index in [1.54, 1.807) is 19.2 Å². The summed E-state index contributed by atoms with van der Waals surface area (Å²) in [5.41, 5.74) is 0.777. The highest BCUT2D eigenvalue weighted by Crippen LogP contribution is 2.38. The molecule has 1 aliphatic carbocycles. The van der Waals surface area contributed by atoms with Crippen molar-refractivity contribution >= 4 is 11.6 Å². The van der Waals surface area contributed by atoms with Crippen LogP contribution in [0.1, 0.15) is 49.4 Å². The van der Waals surface area contributed by atoms with Crippen molar-refractivity contribution in [2.24, 2.45) is 5.92 Å². The van der Waals surface area contributed by atoms with Gasteiger partial charge in [0.05, 0.1) is 0 Å². The number of Topliss-reactive ketones (excluding diaryl/α,β-unsaturated/α-hetero) is 1. The van der Waals surface area contributed by atoms with Crippen LogP contribution < -0.4 is 4.90 Å². The third kappa shape index (κ3) is 2.02. The van der Waals surface area contributed by atoms with E-state index < -0.39 is 0 Å². The summed E-state index contributed by atoms with van der Waals surface area (Å²) in [5.74, 6) is 1.97. The highest BCUT2D eigenvalue weighted by Gasteiger charge is 2.36. The molecule has 0 N–H and O–H groups in total. The summed E-state index contributed by atoms with van der Waals surface area (Å²) in [6, 6.07) is 4.42. The number of fused-ring (bicyclic) bond motifs is 1. The van der Waals surface area contributed by atoms with Crippen molar-refractivity contribution in [3.8, 4) is 0 Å². The van der Waals surface area contributed by atoms with Crippen LogP contribution in [0.3, 0.4) is 0 Å². The first kappa shape index (κ1) is 11.7. The zero-order chi connectivity index (χ0) is 12.5. The zero-order valence-corrected chi connectivity index (χ0v) is 10.9. The third-order valence-corrected chi connectivity index (χ3v) is 4.46. The monoisotopic (exact) mass is 244 g/mol. The van der Waals surface area contributed by atoms with Crippen LogP contribution in [0.15, 0.2) is 18.3 Å². The number of nitrogens with zero attached hydrogens (tertiary/aromatic N) is 2. The first-order valence-electron chi connectivity index (χ1n) is 6.99. The van der Waals surface area contributed by atoms with Crippen LogP contribution in [0.4, 0.5) is 5.82 Å². The fourth-order valence-corrected chi connectivity index (χ4v) is 3.48. The van der Waals surface area contributed by atoms with Crippen LogP contribution in [-0.4, -0.2) is 23.4 Å². The van der Waals surface area contributed by atoms with E-state index in [9.17, 15) is 4.79 Å². The predicted octanol–water partition coefficient (Wildman–Crippen LogP) is 3.05. The van der Waals surface area contributed by atoms with Crippen molar-refractivity contribution < 1.29 is 4.79 Å². The van der Waals surface area contributed by atoms with Gasteiger partial charge < -0.3 is 4.90 Å². The standard InChI is InChI=1S/C15H20N2O/c1-11(18)13-6-8-16-15(10-13)17-9-7-12-4-2-3-5-14(12)17/h6,8,10,12,14H,2-5,7,9H2,1H3. The van der Waals surface area contributed by atoms with Crippen LogP contribution in [-0.2, 0) is 0 Å². The van der Waals surface area contributed by atoms with E-state index in [2.05, 4.69) is 9.88 Å². The van der Waals surface area contributed by atoms with Gasteiger partial charge in [-0.2, -0.15) is 0 Å². The first-order valence-corrected chi connectivity index (χ1v) is 6.99. The summed E-state index contributed by atoms with van der Waals surface area (Å²) in [4.78, 5) is 18.3. The van der Waals surface area contributed by atoms with Crippen molar-refractivity contribution in [2.45, 2.75) is 45.1 Å². The Bertz CT molecular complexity index is 458. The van der Waals surface area contributed by atoms with E-state index in [-0.39, 0.29) is 5.78 Å². The predicted molar refractivity (Wildman–Crippen MR) is 72.0 cm³/mol. The summed E-state index contributed by atoms with van der Waals surface area (Å²) in [7, 11) is 0. The Balaban J connectivity index is 1.86.